The van der Waals surface area contributed by atoms with Crippen LogP contribution in [-0.4, -0.2) is 41.4 Å². The second kappa shape index (κ2) is 8.25. The molecular weight excluding hydrogens is 447 g/mol. The van der Waals surface area contributed by atoms with E-state index in [4.69, 9.17) is 4.74 Å². The molecule has 11 heteroatoms. The lowest BCUT2D eigenvalue weighted by molar-refractivity contribution is -0.140. The van der Waals surface area contributed by atoms with Gasteiger partial charge in [-0.1, -0.05) is 24.3 Å². The molecule has 34 heavy (non-hydrogen) atoms. The number of halogens is 3. The summed E-state index contributed by atoms with van der Waals surface area (Å²) in [6.07, 6.45) is 3.12. The average molecular weight is 465 g/mol. The second-order valence-corrected chi connectivity index (χ2v) is 7.61. The summed E-state index contributed by atoms with van der Waals surface area (Å²) in [6.45, 7) is 0.419. The highest BCUT2D eigenvalue weighted by Gasteiger charge is 2.34. The van der Waals surface area contributed by atoms with Gasteiger partial charge in [-0.25, -0.2) is 19.6 Å². The number of benzene rings is 1. The number of aromatic nitrogens is 7. The normalized spacial score (nSPS) is 11.8. The summed E-state index contributed by atoms with van der Waals surface area (Å²) >= 11 is 0. The summed E-state index contributed by atoms with van der Waals surface area (Å²) in [5.41, 5.74) is 1.93. The highest BCUT2D eigenvalue weighted by atomic mass is 19.4. The first-order chi connectivity index (χ1) is 16.3. The van der Waals surface area contributed by atoms with E-state index < -0.39 is 11.9 Å². The standard InChI is InChI=1S/C23H18F3N7O/c1-32-13-19(23(24,25)26)30-21(32)15-5-3-14(4-6-15)12-33-22-16(10-29-33)9-28-20(31-22)17-7-8-27-11-18(17)34-2/h3-11,13H,12H2,1-2H3. The van der Waals surface area contributed by atoms with Crippen LogP contribution in [0.15, 0.2) is 61.3 Å². The zero-order valence-electron chi connectivity index (χ0n) is 18.2. The lowest BCUT2D eigenvalue weighted by atomic mass is 10.1. The van der Waals surface area contributed by atoms with Crippen LogP contribution < -0.4 is 4.74 Å². The molecule has 0 saturated heterocycles. The molecule has 1 aromatic carbocycles. The molecule has 4 aromatic heterocycles. The monoisotopic (exact) mass is 465 g/mol. The lowest BCUT2D eigenvalue weighted by Crippen LogP contribution is -2.05. The number of ether oxygens (including phenoxy) is 1. The van der Waals surface area contributed by atoms with E-state index in [1.807, 2.05) is 12.1 Å². The molecule has 5 aromatic rings. The maximum Gasteiger partial charge on any atom is 0.434 e. The van der Waals surface area contributed by atoms with Crippen LogP contribution in [0.3, 0.4) is 0 Å². The van der Waals surface area contributed by atoms with Crippen molar-refractivity contribution < 1.29 is 17.9 Å². The van der Waals surface area contributed by atoms with Crippen molar-refractivity contribution in [3.05, 3.63) is 72.6 Å². The Kier molecular flexibility index (Phi) is 5.23. The van der Waals surface area contributed by atoms with Crippen LogP contribution in [-0.2, 0) is 19.8 Å². The van der Waals surface area contributed by atoms with Crippen LogP contribution in [0.1, 0.15) is 11.3 Å². The van der Waals surface area contributed by atoms with E-state index in [1.54, 1.807) is 54.8 Å². The fourth-order valence-corrected chi connectivity index (χ4v) is 3.64. The van der Waals surface area contributed by atoms with Gasteiger partial charge in [0, 0.05) is 31.2 Å². The van der Waals surface area contributed by atoms with Crippen molar-refractivity contribution in [2.24, 2.45) is 7.05 Å². The van der Waals surface area contributed by atoms with Gasteiger partial charge in [-0.3, -0.25) is 4.98 Å². The third-order valence-electron chi connectivity index (χ3n) is 5.33. The van der Waals surface area contributed by atoms with Crippen molar-refractivity contribution in [3.8, 4) is 28.5 Å². The lowest BCUT2D eigenvalue weighted by Gasteiger charge is -2.08. The Labute approximate surface area is 191 Å². The summed E-state index contributed by atoms with van der Waals surface area (Å²) in [7, 11) is 3.10. The Morgan fingerprint density at radius 1 is 1.00 bits per heavy atom. The maximum absolute atomic E-state index is 13.0. The quantitative estimate of drug-likeness (QED) is 0.384. The number of alkyl halides is 3. The average Bonchev–Trinajstić information content (AvgIpc) is 3.43. The van der Waals surface area contributed by atoms with E-state index in [-0.39, 0.29) is 5.82 Å². The maximum atomic E-state index is 13.0. The molecule has 0 radical (unpaired) electrons. The fraction of sp³-hybridized carbons (Fsp3) is 0.174. The van der Waals surface area contributed by atoms with E-state index in [0.29, 0.717) is 34.9 Å². The van der Waals surface area contributed by atoms with Crippen LogP contribution in [0, 0.1) is 0 Å². The number of imidazole rings is 1. The molecule has 0 N–H and O–H groups in total. The van der Waals surface area contributed by atoms with Gasteiger partial charge in [0.05, 0.1) is 37.0 Å². The van der Waals surface area contributed by atoms with E-state index in [1.165, 1.54) is 11.6 Å². The number of hydrogen-bond acceptors (Lipinski definition) is 6. The molecular formula is C23H18F3N7O. The van der Waals surface area contributed by atoms with Gasteiger partial charge in [-0.2, -0.15) is 18.3 Å². The van der Waals surface area contributed by atoms with Crippen LogP contribution in [0.25, 0.3) is 33.8 Å². The van der Waals surface area contributed by atoms with Crippen molar-refractivity contribution in [3.63, 3.8) is 0 Å². The van der Waals surface area contributed by atoms with E-state index >= 15 is 0 Å². The molecule has 8 nitrogen and oxygen atoms in total. The predicted molar refractivity (Wildman–Crippen MR) is 118 cm³/mol. The van der Waals surface area contributed by atoms with Crippen molar-refractivity contribution in [1.29, 1.82) is 0 Å². The number of methoxy groups -OCH3 is 1. The summed E-state index contributed by atoms with van der Waals surface area (Å²) < 4.78 is 47.4. The largest absolute Gasteiger partial charge is 0.494 e. The number of fused-ring (bicyclic) bond motifs is 1. The van der Waals surface area contributed by atoms with Crippen molar-refractivity contribution in [2.45, 2.75) is 12.7 Å². The van der Waals surface area contributed by atoms with Crippen molar-refractivity contribution >= 4 is 11.0 Å². The molecule has 0 aliphatic rings. The number of pyridine rings is 1. The summed E-state index contributed by atoms with van der Waals surface area (Å²) in [5, 5.41) is 5.20. The van der Waals surface area contributed by atoms with Crippen LogP contribution in [0.4, 0.5) is 13.2 Å². The molecule has 0 amide bonds. The third kappa shape index (κ3) is 3.96. The van der Waals surface area contributed by atoms with Gasteiger partial charge in [0.25, 0.3) is 0 Å². The zero-order chi connectivity index (χ0) is 23.9. The molecule has 172 valence electrons. The SMILES string of the molecule is COc1cnccc1-c1ncc2cnn(Cc3ccc(-c4nc(C(F)(F)F)cn4C)cc3)c2n1. The van der Waals surface area contributed by atoms with Gasteiger partial charge in [0.2, 0.25) is 0 Å². The molecule has 5 rings (SSSR count). The van der Waals surface area contributed by atoms with Crippen LogP contribution in [0.2, 0.25) is 0 Å². The molecule has 4 heterocycles. The zero-order valence-corrected chi connectivity index (χ0v) is 18.2. The highest BCUT2D eigenvalue weighted by molar-refractivity contribution is 5.77. The van der Waals surface area contributed by atoms with Gasteiger partial charge < -0.3 is 9.30 Å². The van der Waals surface area contributed by atoms with Gasteiger partial charge in [-0.05, 0) is 11.6 Å². The highest BCUT2D eigenvalue weighted by Crippen LogP contribution is 2.31. The van der Waals surface area contributed by atoms with Gasteiger partial charge >= 0.3 is 6.18 Å². The fourth-order valence-electron chi connectivity index (χ4n) is 3.64. The van der Waals surface area contributed by atoms with E-state index in [2.05, 4.69) is 25.0 Å². The van der Waals surface area contributed by atoms with E-state index in [9.17, 15) is 13.2 Å². The number of rotatable bonds is 5. The third-order valence-corrected chi connectivity index (χ3v) is 5.33. The van der Waals surface area contributed by atoms with Crippen LogP contribution in [0.5, 0.6) is 5.75 Å². The molecule has 0 saturated carbocycles. The molecule has 0 fully saturated rings. The van der Waals surface area contributed by atoms with Crippen molar-refractivity contribution in [2.75, 3.05) is 7.11 Å². The summed E-state index contributed by atoms with van der Waals surface area (Å²) in [5.74, 6) is 1.29. The van der Waals surface area contributed by atoms with Crippen LogP contribution >= 0.6 is 0 Å². The Morgan fingerprint density at radius 2 is 1.79 bits per heavy atom. The molecule has 0 spiro atoms. The minimum absolute atomic E-state index is 0.243. The smallest absolute Gasteiger partial charge is 0.434 e. The Balaban J connectivity index is 1.43. The first kappa shape index (κ1) is 21.6. The summed E-state index contributed by atoms with van der Waals surface area (Å²) in [6, 6.07) is 8.93. The first-order valence-corrected chi connectivity index (χ1v) is 10.2. The molecule has 0 unspecified atom stereocenters. The molecule has 0 aliphatic carbocycles. The van der Waals surface area contributed by atoms with Gasteiger partial charge in [0.15, 0.2) is 17.2 Å². The number of hydrogen-bond donors (Lipinski definition) is 0. The minimum Gasteiger partial charge on any atom is -0.494 e. The first-order valence-electron chi connectivity index (χ1n) is 10.2. The van der Waals surface area contributed by atoms with Gasteiger partial charge in [-0.15, -0.1) is 0 Å². The topological polar surface area (TPSA) is 83.5 Å². The van der Waals surface area contributed by atoms with Gasteiger partial charge in [0.1, 0.15) is 11.6 Å². The Morgan fingerprint density at radius 3 is 2.50 bits per heavy atom. The molecule has 0 bridgehead atoms. The summed E-state index contributed by atoms with van der Waals surface area (Å²) in [4.78, 5) is 16.9. The Hall–Kier alpha value is -4.28. The predicted octanol–water partition coefficient (Wildman–Crippen LogP) is 4.36. The molecule has 0 atom stereocenters. The number of aryl methyl sites for hydroxylation is 1. The van der Waals surface area contributed by atoms with E-state index in [0.717, 1.165) is 17.1 Å². The Bertz CT molecular complexity index is 1470. The minimum atomic E-state index is -4.49. The van der Waals surface area contributed by atoms with Crippen molar-refractivity contribution in [1.82, 2.24) is 34.3 Å². The second-order valence-electron chi connectivity index (χ2n) is 7.61. The molecule has 0 aliphatic heterocycles. The number of nitrogens with zero attached hydrogens (tertiary/aromatic N) is 7.